The van der Waals surface area contributed by atoms with Crippen molar-refractivity contribution in [3.63, 3.8) is 0 Å². The van der Waals surface area contributed by atoms with Crippen molar-refractivity contribution in [1.82, 2.24) is 4.90 Å². The van der Waals surface area contributed by atoms with Crippen LogP contribution in [0, 0.1) is 5.92 Å². The topological polar surface area (TPSA) is 3.24 Å². The molecule has 2 aromatic carbocycles. The van der Waals surface area contributed by atoms with Crippen molar-refractivity contribution >= 4 is 23.2 Å². The maximum absolute atomic E-state index is 6.53. The van der Waals surface area contributed by atoms with Gasteiger partial charge in [-0.1, -0.05) is 72.9 Å². The first-order chi connectivity index (χ1) is 11.2. The number of rotatable bonds is 4. The van der Waals surface area contributed by atoms with Gasteiger partial charge in [-0.2, -0.15) is 0 Å². The number of nitrogens with zero attached hydrogens (tertiary/aromatic N) is 1. The van der Waals surface area contributed by atoms with Gasteiger partial charge >= 0.3 is 0 Å². The maximum atomic E-state index is 6.53. The third kappa shape index (κ3) is 3.74. The lowest BCUT2D eigenvalue weighted by Crippen LogP contribution is -2.37. The third-order valence-electron chi connectivity index (χ3n) is 4.99. The van der Waals surface area contributed by atoms with Crippen molar-refractivity contribution in [2.24, 2.45) is 5.92 Å². The van der Waals surface area contributed by atoms with E-state index < -0.39 is 0 Å². The van der Waals surface area contributed by atoms with Crippen LogP contribution in [0.4, 0.5) is 0 Å². The zero-order chi connectivity index (χ0) is 16.2. The minimum Gasteiger partial charge on any atom is -0.292 e. The van der Waals surface area contributed by atoms with Crippen LogP contribution in [0.2, 0.25) is 10.0 Å². The van der Waals surface area contributed by atoms with Crippen LogP contribution >= 0.6 is 23.2 Å². The molecule has 0 bridgehead atoms. The molecule has 1 fully saturated rings. The molecule has 1 heterocycles. The Morgan fingerprint density at radius 3 is 1.83 bits per heavy atom. The third-order valence-corrected chi connectivity index (χ3v) is 5.68. The van der Waals surface area contributed by atoms with E-state index in [-0.39, 0.29) is 6.04 Å². The summed E-state index contributed by atoms with van der Waals surface area (Å²) in [5.74, 6) is 0.851. The van der Waals surface area contributed by atoms with Crippen molar-refractivity contribution in [3.05, 3.63) is 69.7 Å². The van der Waals surface area contributed by atoms with Gasteiger partial charge in [-0.15, -0.1) is 0 Å². The number of hydrogen-bond donors (Lipinski definition) is 0. The molecule has 1 aliphatic heterocycles. The molecule has 0 N–H and O–H groups in total. The molecule has 3 heteroatoms. The number of hydrogen-bond acceptors (Lipinski definition) is 1. The lowest BCUT2D eigenvalue weighted by Gasteiger charge is -2.38. The normalized spacial score (nSPS) is 16.9. The van der Waals surface area contributed by atoms with E-state index in [1.807, 2.05) is 24.3 Å². The van der Waals surface area contributed by atoms with E-state index in [2.05, 4.69) is 36.1 Å². The van der Waals surface area contributed by atoms with Crippen molar-refractivity contribution in [2.45, 2.75) is 32.2 Å². The summed E-state index contributed by atoms with van der Waals surface area (Å²) in [7, 11) is 0. The van der Waals surface area contributed by atoms with Gasteiger partial charge in [0.2, 0.25) is 0 Å². The molecule has 0 radical (unpaired) electrons. The predicted molar refractivity (Wildman–Crippen MR) is 99.3 cm³/mol. The Morgan fingerprint density at radius 1 is 0.913 bits per heavy atom. The molecule has 122 valence electrons. The lowest BCUT2D eigenvalue weighted by molar-refractivity contribution is 0.149. The van der Waals surface area contributed by atoms with Gasteiger partial charge in [-0.3, -0.25) is 4.90 Å². The fourth-order valence-corrected chi connectivity index (χ4v) is 4.05. The Bertz CT molecular complexity index is 602. The van der Waals surface area contributed by atoms with Crippen LogP contribution in [-0.2, 0) is 0 Å². The summed E-state index contributed by atoms with van der Waals surface area (Å²) in [5, 5.41) is 1.63. The van der Waals surface area contributed by atoms with Gasteiger partial charge in [0, 0.05) is 10.0 Å². The van der Waals surface area contributed by atoms with E-state index in [0.717, 1.165) is 40.2 Å². The van der Waals surface area contributed by atoms with Crippen molar-refractivity contribution < 1.29 is 0 Å². The monoisotopic (exact) mass is 347 g/mol. The summed E-state index contributed by atoms with van der Waals surface area (Å²) >= 11 is 13.1. The smallest absolute Gasteiger partial charge is 0.0631 e. The Labute approximate surface area is 149 Å². The van der Waals surface area contributed by atoms with Crippen LogP contribution in [0.15, 0.2) is 48.5 Å². The van der Waals surface area contributed by atoms with Crippen LogP contribution < -0.4 is 0 Å². The highest BCUT2D eigenvalue weighted by molar-refractivity contribution is 6.32. The van der Waals surface area contributed by atoms with E-state index in [0.29, 0.717) is 0 Å². The summed E-state index contributed by atoms with van der Waals surface area (Å²) in [5.41, 5.74) is 2.30. The van der Waals surface area contributed by atoms with Crippen molar-refractivity contribution in [2.75, 3.05) is 13.1 Å². The second kappa shape index (κ2) is 7.70. The first-order valence-corrected chi connectivity index (χ1v) is 9.19. The van der Waals surface area contributed by atoms with Gasteiger partial charge in [0.25, 0.3) is 0 Å². The van der Waals surface area contributed by atoms with Gasteiger partial charge < -0.3 is 0 Å². The first kappa shape index (κ1) is 16.8. The van der Waals surface area contributed by atoms with Crippen LogP contribution in [0.5, 0.6) is 0 Å². The SMILES string of the molecule is CCC1CCN(C(c2ccccc2Cl)c2ccccc2Cl)CC1. The van der Waals surface area contributed by atoms with E-state index >= 15 is 0 Å². The largest absolute Gasteiger partial charge is 0.292 e. The molecule has 2 aromatic rings. The molecule has 23 heavy (non-hydrogen) atoms. The second-order valence-corrected chi connectivity index (χ2v) is 7.15. The zero-order valence-corrected chi connectivity index (χ0v) is 15.0. The molecule has 0 spiro atoms. The molecule has 0 unspecified atom stereocenters. The summed E-state index contributed by atoms with van der Waals surface area (Å²) in [4.78, 5) is 2.54. The van der Waals surface area contributed by atoms with Crippen LogP contribution in [0.1, 0.15) is 43.4 Å². The summed E-state index contributed by atoms with van der Waals surface area (Å²) in [6, 6.07) is 16.4. The Kier molecular flexibility index (Phi) is 5.63. The van der Waals surface area contributed by atoms with Gasteiger partial charge in [-0.05, 0) is 55.1 Å². The van der Waals surface area contributed by atoms with Crippen LogP contribution in [0.25, 0.3) is 0 Å². The Morgan fingerprint density at radius 2 is 1.39 bits per heavy atom. The van der Waals surface area contributed by atoms with Crippen molar-refractivity contribution in [1.29, 1.82) is 0 Å². The molecule has 0 amide bonds. The average Bonchev–Trinajstić information content (AvgIpc) is 2.59. The second-order valence-electron chi connectivity index (χ2n) is 6.33. The minimum atomic E-state index is 0.134. The predicted octanol–water partition coefficient (Wildman–Crippen LogP) is 6.20. The summed E-state index contributed by atoms with van der Waals surface area (Å²) < 4.78 is 0. The van der Waals surface area contributed by atoms with E-state index in [4.69, 9.17) is 23.2 Å². The molecule has 0 atom stereocenters. The maximum Gasteiger partial charge on any atom is 0.0631 e. The molecule has 1 nitrogen and oxygen atoms in total. The van der Waals surface area contributed by atoms with Gasteiger partial charge in [-0.25, -0.2) is 0 Å². The lowest BCUT2D eigenvalue weighted by atomic mass is 9.90. The average molecular weight is 348 g/mol. The van der Waals surface area contributed by atoms with E-state index in [1.54, 1.807) is 0 Å². The fourth-order valence-electron chi connectivity index (χ4n) is 3.57. The Hall–Kier alpha value is -1.02. The molecule has 3 rings (SSSR count). The molecular weight excluding hydrogens is 325 g/mol. The number of benzene rings is 2. The highest BCUT2D eigenvalue weighted by atomic mass is 35.5. The molecule has 0 aliphatic carbocycles. The van der Waals surface area contributed by atoms with E-state index in [9.17, 15) is 0 Å². The number of halogens is 2. The van der Waals surface area contributed by atoms with Gasteiger partial charge in [0.15, 0.2) is 0 Å². The molecule has 1 saturated heterocycles. The molecular formula is C20H23Cl2N. The first-order valence-electron chi connectivity index (χ1n) is 8.43. The van der Waals surface area contributed by atoms with Gasteiger partial charge in [0.05, 0.1) is 6.04 Å². The summed E-state index contributed by atoms with van der Waals surface area (Å²) in [6.07, 6.45) is 3.78. The molecule has 0 aromatic heterocycles. The Balaban J connectivity index is 1.98. The van der Waals surface area contributed by atoms with E-state index in [1.165, 1.54) is 19.3 Å². The number of piperidine rings is 1. The highest BCUT2D eigenvalue weighted by Crippen LogP contribution is 2.38. The quantitative estimate of drug-likeness (QED) is 0.635. The number of likely N-dealkylation sites (tertiary alicyclic amines) is 1. The molecule has 0 saturated carbocycles. The fraction of sp³-hybridized carbons (Fsp3) is 0.400. The van der Waals surface area contributed by atoms with Crippen LogP contribution in [0.3, 0.4) is 0 Å². The van der Waals surface area contributed by atoms with Crippen molar-refractivity contribution in [3.8, 4) is 0 Å². The molecule has 1 aliphatic rings. The minimum absolute atomic E-state index is 0.134. The standard InChI is InChI=1S/C20H23Cl2N/c1-2-15-11-13-23(14-12-15)20(16-7-3-5-9-18(16)21)17-8-4-6-10-19(17)22/h3-10,15,20H,2,11-14H2,1H3. The van der Waals surface area contributed by atoms with Gasteiger partial charge in [0.1, 0.15) is 0 Å². The summed E-state index contributed by atoms with van der Waals surface area (Å²) in [6.45, 7) is 4.49. The highest BCUT2D eigenvalue weighted by Gasteiger charge is 2.29. The zero-order valence-electron chi connectivity index (χ0n) is 13.5. The van der Waals surface area contributed by atoms with Crippen LogP contribution in [-0.4, -0.2) is 18.0 Å².